The Morgan fingerprint density at radius 3 is 2.68 bits per heavy atom. The predicted octanol–water partition coefficient (Wildman–Crippen LogP) is 2.39. The molecule has 0 saturated carbocycles. The minimum atomic E-state index is -0.192. The highest BCUT2D eigenvalue weighted by molar-refractivity contribution is 5.48. The molecule has 1 aliphatic rings. The van der Waals surface area contributed by atoms with Crippen molar-refractivity contribution >= 4 is 5.69 Å². The SMILES string of the molecule is CCCNCc1ccc(N2CCC(C(C)O)C2)cc1. The van der Waals surface area contributed by atoms with Crippen molar-refractivity contribution in [3.63, 3.8) is 0 Å². The van der Waals surface area contributed by atoms with Gasteiger partial charge in [0.05, 0.1) is 6.10 Å². The molecule has 2 atom stereocenters. The molecule has 0 spiro atoms. The zero-order valence-electron chi connectivity index (χ0n) is 12.1. The molecule has 1 fully saturated rings. The van der Waals surface area contributed by atoms with Crippen LogP contribution in [-0.2, 0) is 6.54 Å². The van der Waals surface area contributed by atoms with E-state index in [1.54, 1.807) is 0 Å². The van der Waals surface area contributed by atoms with E-state index < -0.39 is 0 Å². The Kier molecular flexibility index (Phi) is 5.23. The molecule has 106 valence electrons. The van der Waals surface area contributed by atoms with Crippen molar-refractivity contribution in [3.8, 4) is 0 Å². The normalized spacial score (nSPS) is 20.8. The van der Waals surface area contributed by atoms with Crippen LogP contribution in [0.4, 0.5) is 5.69 Å². The van der Waals surface area contributed by atoms with Gasteiger partial charge in [0.1, 0.15) is 0 Å². The number of nitrogens with one attached hydrogen (secondary N) is 1. The standard InChI is InChI=1S/C16H26N2O/c1-3-9-17-11-14-4-6-16(7-5-14)18-10-8-15(12-18)13(2)19/h4-7,13,15,17,19H,3,8-12H2,1-2H3. The van der Waals surface area contributed by atoms with Gasteiger partial charge in [-0.15, -0.1) is 0 Å². The lowest BCUT2D eigenvalue weighted by atomic mass is 10.0. The first kappa shape index (κ1) is 14.4. The van der Waals surface area contributed by atoms with Gasteiger partial charge in [0.25, 0.3) is 0 Å². The lowest BCUT2D eigenvalue weighted by Crippen LogP contribution is -2.23. The average Bonchev–Trinajstić information content (AvgIpc) is 2.90. The van der Waals surface area contributed by atoms with E-state index in [4.69, 9.17) is 0 Å². The maximum Gasteiger partial charge on any atom is 0.0557 e. The van der Waals surface area contributed by atoms with Gasteiger partial charge in [0.15, 0.2) is 0 Å². The van der Waals surface area contributed by atoms with Crippen molar-refractivity contribution in [1.29, 1.82) is 0 Å². The Balaban J connectivity index is 1.88. The van der Waals surface area contributed by atoms with Crippen LogP contribution < -0.4 is 10.2 Å². The van der Waals surface area contributed by atoms with Gasteiger partial charge in [0, 0.05) is 31.2 Å². The smallest absolute Gasteiger partial charge is 0.0557 e. The van der Waals surface area contributed by atoms with Gasteiger partial charge >= 0.3 is 0 Å². The second kappa shape index (κ2) is 6.92. The van der Waals surface area contributed by atoms with E-state index in [2.05, 4.69) is 41.4 Å². The fourth-order valence-corrected chi connectivity index (χ4v) is 2.65. The van der Waals surface area contributed by atoms with E-state index in [0.29, 0.717) is 5.92 Å². The first-order valence-electron chi connectivity index (χ1n) is 7.43. The average molecular weight is 262 g/mol. The van der Waals surface area contributed by atoms with E-state index in [-0.39, 0.29) is 6.10 Å². The third kappa shape index (κ3) is 3.95. The summed E-state index contributed by atoms with van der Waals surface area (Å²) in [5, 5.41) is 13.1. The number of anilines is 1. The van der Waals surface area contributed by atoms with Crippen LogP contribution in [0.25, 0.3) is 0 Å². The van der Waals surface area contributed by atoms with E-state index in [9.17, 15) is 5.11 Å². The monoisotopic (exact) mass is 262 g/mol. The van der Waals surface area contributed by atoms with Gasteiger partial charge in [-0.2, -0.15) is 0 Å². The summed E-state index contributed by atoms with van der Waals surface area (Å²) in [6.45, 7) is 8.14. The van der Waals surface area contributed by atoms with Crippen LogP contribution >= 0.6 is 0 Å². The van der Waals surface area contributed by atoms with Crippen molar-refractivity contribution in [2.75, 3.05) is 24.5 Å². The first-order valence-corrected chi connectivity index (χ1v) is 7.43. The van der Waals surface area contributed by atoms with Crippen molar-refractivity contribution in [2.45, 2.75) is 39.3 Å². The van der Waals surface area contributed by atoms with Crippen molar-refractivity contribution in [1.82, 2.24) is 5.32 Å². The van der Waals surface area contributed by atoms with Gasteiger partial charge in [-0.3, -0.25) is 0 Å². The molecule has 0 aliphatic carbocycles. The Morgan fingerprint density at radius 1 is 1.37 bits per heavy atom. The summed E-state index contributed by atoms with van der Waals surface area (Å²) >= 11 is 0. The van der Waals surface area contributed by atoms with Crippen molar-refractivity contribution in [2.24, 2.45) is 5.92 Å². The minimum Gasteiger partial charge on any atom is -0.393 e. The third-order valence-corrected chi connectivity index (χ3v) is 3.96. The Bertz CT molecular complexity index is 375. The number of nitrogens with zero attached hydrogens (tertiary/aromatic N) is 1. The zero-order chi connectivity index (χ0) is 13.7. The van der Waals surface area contributed by atoms with Gasteiger partial charge < -0.3 is 15.3 Å². The van der Waals surface area contributed by atoms with Gasteiger partial charge in [0.2, 0.25) is 0 Å². The summed E-state index contributed by atoms with van der Waals surface area (Å²) in [6, 6.07) is 8.81. The Hall–Kier alpha value is -1.06. The van der Waals surface area contributed by atoms with E-state index in [1.807, 2.05) is 6.92 Å². The van der Waals surface area contributed by atoms with Crippen molar-refractivity contribution < 1.29 is 5.11 Å². The molecule has 1 aromatic carbocycles. The molecular formula is C16H26N2O. The minimum absolute atomic E-state index is 0.192. The number of hydrogen-bond acceptors (Lipinski definition) is 3. The van der Waals surface area contributed by atoms with Crippen molar-refractivity contribution in [3.05, 3.63) is 29.8 Å². The number of rotatable bonds is 6. The highest BCUT2D eigenvalue weighted by Crippen LogP contribution is 2.25. The molecule has 19 heavy (non-hydrogen) atoms. The molecule has 1 heterocycles. The molecule has 2 N–H and O–H groups in total. The zero-order valence-corrected chi connectivity index (χ0v) is 12.1. The lowest BCUT2D eigenvalue weighted by molar-refractivity contribution is 0.136. The van der Waals surface area contributed by atoms with E-state index in [1.165, 1.54) is 17.7 Å². The molecule has 3 heteroatoms. The maximum absolute atomic E-state index is 9.65. The second-order valence-corrected chi connectivity index (χ2v) is 5.58. The Morgan fingerprint density at radius 2 is 2.11 bits per heavy atom. The first-order chi connectivity index (χ1) is 9.20. The molecule has 1 saturated heterocycles. The number of aliphatic hydroxyl groups excluding tert-OH is 1. The Labute approximate surface area is 116 Å². The van der Waals surface area contributed by atoms with Gasteiger partial charge in [-0.25, -0.2) is 0 Å². The third-order valence-electron chi connectivity index (χ3n) is 3.96. The topological polar surface area (TPSA) is 35.5 Å². The van der Waals surface area contributed by atoms with Crippen LogP contribution in [0, 0.1) is 5.92 Å². The second-order valence-electron chi connectivity index (χ2n) is 5.58. The van der Waals surface area contributed by atoms with E-state index >= 15 is 0 Å². The summed E-state index contributed by atoms with van der Waals surface area (Å²) in [4.78, 5) is 2.38. The molecule has 3 nitrogen and oxygen atoms in total. The summed E-state index contributed by atoms with van der Waals surface area (Å²) in [7, 11) is 0. The van der Waals surface area contributed by atoms with Gasteiger partial charge in [-0.05, 0) is 44.0 Å². The summed E-state index contributed by atoms with van der Waals surface area (Å²) in [6.07, 6.45) is 2.08. The quantitative estimate of drug-likeness (QED) is 0.773. The summed E-state index contributed by atoms with van der Waals surface area (Å²) in [5.41, 5.74) is 2.62. The van der Waals surface area contributed by atoms with Crippen LogP contribution in [0.5, 0.6) is 0 Å². The van der Waals surface area contributed by atoms with E-state index in [0.717, 1.165) is 32.6 Å². The number of benzene rings is 1. The molecule has 0 bridgehead atoms. The highest BCUT2D eigenvalue weighted by atomic mass is 16.3. The molecule has 2 rings (SSSR count). The van der Waals surface area contributed by atoms with Crippen LogP contribution in [0.2, 0.25) is 0 Å². The molecule has 0 radical (unpaired) electrons. The van der Waals surface area contributed by atoms with Crippen LogP contribution in [-0.4, -0.2) is 30.8 Å². The largest absolute Gasteiger partial charge is 0.393 e. The summed E-state index contributed by atoms with van der Waals surface area (Å²) in [5.74, 6) is 0.422. The fourth-order valence-electron chi connectivity index (χ4n) is 2.65. The fraction of sp³-hybridized carbons (Fsp3) is 0.625. The predicted molar refractivity (Wildman–Crippen MR) is 80.4 cm³/mol. The molecule has 1 aromatic rings. The number of hydrogen-bond donors (Lipinski definition) is 2. The molecule has 2 unspecified atom stereocenters. The van der Waals surface area contributed by atoms with Crippen LogP contribution in [0.1, 0.15) is 32.3 Å². The molecule has 0 amide bonds. The summed E-state index contributed by atoms with van der Waals surface area (Å²) < 4.78 is 0. The maximum atomic E-state index is 9.65. The number of aliphatic hydroxyl groups is 1. The van der Waals surface area contributed by atoms with Gasteiger partial charge in [-0.1, -0.05) is 19.1 Å². The molecule has 0 aromatic heterocycles. The molecular weight excluding hydrogens is 236 g/mol. The van der Waals surface area contributed by atoms with Crippen LogP contribution in [0.15, 0.2) is 24.3 Å². The van der Waals surface area contributed by atoms with Crippen LogP contribution in [0.3, 0.4) is 0 Å². The lowest BCUT2D eigenvalue weighted by Gasteiger charge is -2.20. The highest BCUT2D eigenvalue weighted by Gasteiger charge is 2.25. The molecule has 1 aliphatic heterocycles.